The molecule has 2 heteroatoms. The molecule has 104 valence electrons. The first-order chi connectivity index (χ1) is 8.74. The van der Waals surface area contributed by atoms with Crippen molar-refractivity contribution in [3.63, 3.8) is 0 Å². The predicted octanol–water partition coefficient (Wildman–Crippen LogP) is 4.45. The van der Waals surface area contributed by atoms with Gasteiger partial charge in [-0.15, -0.1) is 0 Å². The van der Waals surface area contributed by atoms with Crippen molar-refractivity contribution in [3.8, 4) is 0 Å². The fourth-order valence-corrected chi connectivity index (χ4v) is 2.40. The van der Waals surface area contributed by atoms with Crippen molar-refractivity contribution in [2.75, 3.05) is 0 Å². The Kier molecular flexibility index (Phi) is 7.07. The third-order valence-electron chi connectivity index (χ3n) is 3.68. The molecule has 0 aromatic carbocycles. The Hall–Kier alpha value is -0.790. The van der Waals surface area contributed by atoms with E-state index in [1.165, 1.54) is 62.2 Å². The number of rotatable bonds is 9. The van der Waals surface area contributed by atoms with Gasteiger partial charge < -0.3 is 4.57 Å². The van der Waals surface area contributed by atoms with E-state index in [9.17, 15) is 0 Å². The van der Waals surface area contributed by atoms with Gasteiger partial charge in [-0.05, 0) is 32.1 Å². The molecule has 0 saturated heterocycles. The van der Waals surface area contributed by atoms with Gasteiger partial charge in [0.2, 0.25) is 0 Å². The van der Waals surface area contributed by atoms with Crippen molar-refractivity contribution in [3.05, 3.63) is 17.2 Å². The minimum atomic E-state index is 1.14. The number of unbranched alkanes of at least 4 members (excludes halogenated alkanes) is 3. The Morgan fingerprint density at radius 1 is 0.833 bits per heavy atom. The van der Waals surface area contributed by atoms with E-state index in [2.05, 4.69) is 32.4 Å². The van der Waals surface area contributed by atoms with Gasteiger partial charge in [-0.2, -0.15) is 0 Å². The average Bonchev–Trinajstić information content (AvgIpc) is 2.68. The first kappa shape index (κ1) is 15.3. The van der Waals surface area contributed by atoms with Gasteiger partial charge >= 0.3 is 0 Å². The summed E-state index contributed by atoms with van der Waals surface area (Å²) in [4.78, 5) is 4.90. The maximum Gasteiger partial charge on any atom is 0.108 e. The smallest absolute Gasteiger partial charge is 0.108 e. The molecule has 2 nitrogen and oxygen atoms in total. The van der Waals surface area contributed by atoms with Gasteiger partial charge in [0.15, 0.2) is 0 Å². The van der Waals surface area contributed by atoms with Crippen LogP contribution in [0.15, 0.2) is 0 Å². The van der Waals surface area contributed by atoms with Crippen LogP contribution < -0.4 is 0 Å². The highest BCUT2D eigenvalue weighted by atomic mass is 15.1. The number of imidazole rings is 1. The summed E-state index contributed by atoms with van der Waals surface area (Å²) in [5, 5.41) is 0. The van der Waals surface area contributed by atoms with Crippen LogP contribution in [0.2, 0.25) is 0 Å². The molecule has 0 spiro atoms. The van der Waals surface area contributed by atoms with Crippen molar-refractivity contribution in [1.82, 2.24) is 9.55 Å². The first-order valence-corrected chi connectivity index (χ1v) is 7.77. The molecule has 1 heterocycles. The van der Waals surface area contributed by atoms with Gasteiger partial charge in [0.1, 0.15) is 5.82 Å². The molecular weight excluding hydrogens is 220 g/mol. The Balaban J connectivity index is 2.83. The number of aromatic nitrogens is 2. The number of hydrogen-bond donors (Lipinski definition) is 0. The number of aryl methyl sites for hydroxylation is 2. The van der Waals surface area contributed by atoms with Crippen molar-refractivity contribution in [2.24, 2.45) is 7.05 Å². The van der Waals surface area contributed by atoms with E-state index in [0.717, 1.165) is 12.8 Å². The summed E-state index contributed by atoms with van der Waals surface area (Å²) >= 11 is 0. The molecule has 0 unspecified atom stereocenters. The number of nitrogens with zero attached hydrogens (tertiary/aromatic N) is 2. The summed E-state index contributed by atoms with van der Waals surface area (Å²) < 4.78 is 2.37. The minimum absolute atomic E-state index is 1.14. The summed E-state index contributed by atoms with van der Waals surface area (Å²) in [6, 6.07) is 0. The highest BCUT2D eigenvalue weighted by Crippen LogP contribution is 2.17. The quantitative estimate of drug-likeness (QED) is 0.633. The van der Waals surface area contributed by atoms with Crippen LogP contribution in [0.3, 0.4) is 0 Å². The highest BCUT2D eigenvalue weighted by molar-refractivity contribution is 5.18. The molecule has 0 atom stereocenters. The molecule has 0 aliphatic carbocycles. The molecule has 0 amide bonds. The van der Waals surface area contributed by atoms with E-state index in [1.807, 2.05) is 0 Å². The van der Waals surface area contributed by atoms with Gasteiger partial charge in [-0.1, -0.05) is 40.0 Å². The second kappa shape index (κ2) is 8.34. The molecule has 0 fully saturated rings. The van der Waals surface area contributed by atoms with Crippen LogP contribution in [-0.2, 0) is 26.3 Å². The Morgan fingerprint density at radius 2 is 1.39 bits per heavy atom. The summed E-state index contributed by atoms with van der Waals surface area (Å²) in [5.74, 6) is 1.30. The Labute approximate surface area is 113 Å². The van der Waals surface area contributed by atoms with Crippen molar-refractivity contribution in [2.45, 2.75) is 78.6 Å². The SMILES string of the molecule is CCCCc1nc(CCCC)n(C)c1CCCC. The lowest BCUT2D eigenvalue weighted by molar-refractivity contribution is 0.674. The topological polar surface area (TPSA) is 17.8 Å². The molecule has 0 aliphatic rings. The van der Waals surface area contributed by atoms with Crippen LogP contribution in [0.1, 0.15) is 76.5 Å². The van der Waals surface area contributed by atoms with Crippen LogP contribution in [0.25, 0.3) is 0 Å². The fourth-order valence-electron chi connectivity index (χ4n) is 2.40. The maximum atomic E-state index is 4.90. The second-order valence-electron chi connectivity index (χ2n) is 5.29. The van der Waals surface area contributed by atoms with Crippen LogP contribution in [0.5, 0.6) is 0 Å². The lowest BCUT2D eigenvalue weighted by atomic mass is 10.1. The summed E-state index contributed by atoms with van der Waals surface area (Å²) in [6.07, 6.45) is 11.1. The van der Waals surface area contributed by atoms with Gasteiger partial charge in [0, 0.05) is 19.2 Å². The molecule has 1 rings (SSSR count). The largest absolute Gasteiger partial charge is 0.335 e. The van der Waals surface area contributed by atoms with Gasteiger partial charge in [0.05, 0.1) is 5.69 Å². The standard InChI is InChI=1S/C16H30N2/c1-5-8-11-14-15(12-9-6-2)18(4)16(17-14)13-10-7-3/h5-13H2,1-4H3. The summed E-state index contributed by atoms with van der Waals surface area (Å²) in [5.41, 5.74) is 2.87. The zero-order chi connectivity index (χ0) is 13.4. The minimum Gasteiger partial charge on any atom is -0.335 e. The molecule has 0 saturated carbocycles. The first-order valence-electron chi connectivity index (χ1n) is 7.77. The second-order valence-corrected chi connectivity index (χ2v) is 5.29. The lowest BCUT2D eigenvalue weighted by Gasteiger charge is -2.06. The van der Waals surface area contributed by atoms with Crippen LogP contribution in [0, 0.1) is 0 Å². The van der Waals surface area contributed by atoms with E-state index in [-0.39, 0.29) is 0 Å². The average molecular weight is 250 g/mol. The molecule has 18 heavy (non-hydrogen) atoms. The molecule has 0 aliphatic heterocycles. The zero-order valence-corrected chi connectivity index (χ0v) is 12.8. The molecule has 0 bridgehead atoms. The fraction of sp³-hybridized carbons (Fsp3) is 0.812. The van der Waals surface area contributed by atoms with Gasteiger partial charge in [-0.3, -0.25) is 0 Å². The van der Waals surface area contributed by atoms with E-state index < -0.39 is 0 Å². The Bertz CT molecular complexity index is 339. The number of hydrogen-bond acceptors (Lipinski definition) is 1. The third-order valence-corrected chi connectivity index (χ3v) is 3.68. The van der Waals surface area contributed by atoms with Crippen LogP contribution in [-0.4, -0.2) is 9.55 Å². The molecule has 1 aromatic heterocycles. The van der Waals surface area contributed by atoms with E-state index in [1.54, 1.807) is 0 Å². The molecule has 0 radical (unpaired) electrons. The van der Waals surface area contributed by atoms with Crippen LogP contribution >= 0.6 is 0 Å². The van der Waals surface area contributed by atoms with Gasteiger partial charge in [0.25, 0.3) is 0 Å². The zero-order valence-electron chi connectivity index (χ0n) is 12.8. The van der Waals surface area contributed by atoms with E-state index in [4.69, 9.17) is 4.98 Å². The van der Waals surface area contributed by atoms with E-state index >= 15 is 0 Å². The van der Waals surface area contributed by atoms with Crippen molar-refractivity contribution < 1.29 is 0 Å². The monoisotopic (exact) mass is 250 g/mol. The third kappa shape index (κ3) is 4.15. The van der Waals surface area contributed by atoms with Crippen molar-refractivity contribution in [1.29, 1.82) is 0 Å². The normalized spacial score (nSPS) is 11.1. The lowest BCUT2D eigenvalue weighted by Crippen LogP contribution is -2.03. The molecule has 1 aromatic rings. The van der Waals surface area contributed by atoms with Crippen LogP contribution in [0.4, 0.5) is 0 Å². The van der Waals surface area contributed by atoms with Gasteiger partial charge in [-0.25, -0.2) is 4.98 Å². The summed E-state index contributed by atoms with van der Waals surface area (Å²) in [6.45, 7) is 6.77. The maximum absolute atomic E-state index is 4.90. The van der Waals surface area contributed by atoms with E-state index in [0.29, 0.717) is 0 Å². The molecule has 0 N–H and O–H groups in total. The highest BCUT2D eigenvalue weighted by Gasteiger charge is 2.13. The summed E-state index contributed by atoms with van der Waals surface area (Å²) in [7, 11) is 2.21. The van der Waals surface area contributed by atoms with Crippen molar-refractivity contribution >= 4 is 0 Å². The molecular formula is C16H30N2. The Morgan fingerprint density at radius 3 is 2.00 bits per heavy atom. The predicted molar refractivity (Wildman–Crippen MR) is 79.0 cm³/mol.